The highest BCUT2D eigenvalue weighted by Gasteiger charge is 2.68. The first-order valence-corrected chi connectivity index (χ1v) is 11.6. The van der Waals surface area contributed by atoms with Crippen molar-refractivity contribution in [2.75, 3.05) is 6.16 Å². The fourth-order valence-electron chi connectivity index (χ4n) is 5.66. The third kappa shape index (κ3) is 2.22. The Bertz CT molecular complexity index is 485. The fourth-order valence-corrected chi connectivity index (χ4v) is 9.81. The molecule has 1 saturated heterocycles. The predicted molar refractivity (Wildman–Crippen MR) is 90.1 cm³/mol. The molecule has 5 atom stereocenters. The molecule has 1 aliphatic heterocycles. The average molecular weight is 328 g/mol. The van der Waals surface area contributed by atoms with Crippen LogP contribution >= 0.6 is 6.49 Å². The molecule has 2 nitrogen and oxygen atoms in total. The Labute approximate surface area is 134 Å². The second-order valence-electron chi connectivity index (χ2n) is 8.71. The lowest BCUT2D eigenvalue weighted by molar-refractivity contribution is -0.199. The molecule has 0 aromatic heterocycles. The summed E-state index contributed by atoms with van der Waals surface area (Å²) in [7, 11) is 0. The van der Waals surface area contributed by atoms with Gasteiger partial charge in [0.15, 0.2) is 6.49 Å². The van der Waals surface area contributed by atoms with Gasteiger partial charge in [0.1, 0.15) is 5.60 Å². The minimum atomic E-state index is -2.04. The van der Waals surface area contributed by atoms with Crippen molar-refractivity contribution in [2.24, 2.45) is 23.2 Å². The molecule has 0 amide bonds. The zero-order valence-electron chi connectivity index (χ0n) is 13.6. The summed E-state index contributed by atoms with van der Waals surface area (Å²) < 4.78 is 13.1. The van der Waals surface area contributed by atoms with Crippen molar-refractivity contribution in [3.05, 3.63) is 0 Å². The Morgan fingerprint density at radius 2 is 1.81 bits per heavy atom. The molecule has 0 radical (unpaired) electrons. The van der Waals surface area contributed by atoms with Crippen LogP contribution in [0.25, 0.3) is 0 Å². The Kier molecular flexibility index (Phi) is 3.45. The van der Waals surface area contributed by atoms with Crippen LogP contribution in [0.1, 0.15) is 65.7 Å². The lowest BCUT2D eigenvalue weighted by Gasteiger charge is -2.63. The van der Waals surface area contributed by atoms with E-state index in [0.717, 1.165) is 18.0 Å². The van der Waals surface area contributed by atoms with Crippen LogP contribution in [0, 0.1) is 23.2 Å². The van der Waals surface area contributed by atoms with Crippen LogP contribution in [0.15, 0.2) is 0 Å². The van der Waals surface area contributed by atoms with Crippen molar-refractivity contribution in [2.45, 2.75) is 77.4 Å². The topological polar surface area (TPSA) is 18.5 Å². The molecule has 4 saturated carbocycles. The Morgan fingerprint density at radius 1 is 1.10 bits per heavy atom. The van der Waals surface area contributed by atoms with Gasteiger partial charge in [-0.15, -0.1) is 0 Å². The van der Waals surface area contributed by atoms with Gasteiger partial charge in [-0.25, -0.2) is 0 Å². The average Bonchev–Trinajstić information content (AvgIpc) is 2.68. The van der Waals surface area contributed by atoms with Crippen molar-refractivity contribution < 1.29 is 9.05 Å². The molecule has 5 fully saturated rings. The van der Waals surface area contributed by atoms with Gasteiger partial charge in [0.05, 0.1) is 6.10 Å². The van der Waals surface area contributed by atoms with Gasteiger partial charge in [-0.05, 0) is 67.6 Å². The van der Waals surface area contributed by atoms with Crippen molar-refractivity contribution in [3.8, 4) is 0 Å². The Morgan fingerprint density at radius 3 is 2.48 bits per heavy atom. The third-order valence-corrected chi connectivity index (χ3v) is 10.3. The summed E-state index contributed by atoms with van der Waals surface area (Å²) in [6.07, 6.45) is 10.6. The van der Waals surface area contributed by atoms with Crippen molar-refractivity contribution >= 4 is 18.3 Å². The van der Waals surface area contributed by atoms with Crippen molar-refractivity contribution in [3.63, 3.8) is 0 Å². The van der Waals surface area contributed by atoms with E-state index in [9.17, 15) is 0 Å². The first-order chi connectivity index (χ1) is 9.83. The van der Waals surface area contributed by atoms with Crippen LogP contribution in [0.3, 0.4) is 0 Å². The molecule has 120 valence electrons. The second-order valence-corrected chi connectivity index (χ2v) is 12.4. The van der Waals surface area contributed by atoms with Gasteiger partial charge in [-0.3, -0.25) is 0 Å². The van der Waals surface area contributed by atoms with E-state index < -0.39 is 6.49 Å². The van der Waals surface area contributed by atoms with Gasteiger partial charge in [-0.1, -0.05) is 33.1 Å². The van der Waals surface area contributed by atoms with E-state index in [1.54, 1.807) is 0 Å². The normalized spacial score (nSPS) is 52.2. The maximum atomic E-state index is 6.63. The lowest BCUT2D eigenvalue weighted by atomic mass is 9.43. The van der Waals surface area contributed by atoms with Gasteiger partial charge in [0.25, 0.3) is 0 Å². The highest BCUT2D eigenvalue weighted by atomic mass is 32.5. The standard InChI is InChI=1S/C17H29O2PS/c1-16(2)13-9-14(16)17(3)15(10-13)18-20(21,19-17)11-12-7-5-4-6-8-12/h12-15H,4-11H2,1-3H3/t13-,14-,15+,17-,20?/m1/s1. The summed E-state index contributed by atoms with van der Waals surface area (Å²) in [4.78, 5) is 0. The monoisotopic (exact) mass is 328 g/mol. The molecule has 21 heavy (non-hydrogen) atoms. The molecule has 5 aliphatic rings. The minimum Gasteiger partial charge on any atom is -0.323 e. The minimum absolute atomic E-state index is 0.0948. The van der Waals surface area contributed by atoms with Crippen molar-refractivity contribution in [1.29, 1.82) is 0 Å². The van der Waals surface area contributed by atoms with Crippen molar-refractivity contribution in [1.82, 2.24) is 0 Å². The first kappa shape index (κ1) is 15.1. The van der Waals surface area contributed by atoms with E-state index in [0.29, 0.717) is 11.3 Å². The smallest absolute Gasteiger partial charge is 0.189 e. The summed E-state index contributed by atoms with van der Waals surface area (Å²) >= 11 is 5.95. The molecule has 0 spiro atoms. The lowest BCUT2D eigenvalue weighted by Crippen LogP contribution is -2.65. The summed E-state index contributed by atoms with van der Waals surface area (Å²) in [5.41, 5.74) is 0.326. The van der Waals surface area contributed by atoms with Crippen LogP contribution in [-0.4, -0.2) is 17.9 Å². The molecule has 0 aromatic rings. The quantitative estimate of drug-likeness (QED) is 0.656. The number of hydrogen-bond donors (Lipinski definition) is 0. The molecule has 0 N–H and O–H groups in total. The van der Waals surface area contributed by atoms with E-state index in [-0.39, 0.29) is 11.7 Å². The molecular formula is C17H29O2PS. The molecule has 1 unspecified atom stereocenters. The van der Waals surface area contributed by atoms with Gasteiger partial charge >= 0.3 is 0 Å². The van der Waals surface area contributed by atoms with E-state index in [2.05, 4.69) is 20.8 Å². The van der Waals surface area contributed by atoms with E-state index in [4.69, 9.17) is 20.9 Å². The van der Waals surface area contributed by atoms with Crippen LogP contribution in [0.5, 0.6) is 0 Å². The van der Waals surface area contributed by atoms with E-state index in [1.165, 1.54) is 44.9 Å². The van der Waals surface area contributed by atoms with Gasteiger partial charge < -0.3 is 9.05 Å². The maximum absolute atomic E-state index is 6.63. The zero-order valence-corrected chi connectivity index (χ0v) is 15.3. The van der Waals surface area contributed by atoms with Gasteiger partial charge in [-0.2, -0.15) is 0 Å². The van der Waals surface area contributed by atoms with E-state index >= 15 is 0 Å². The fraction of sp³-hybridized carbons (Fsp3) is 1.00. The first-order valence-electron chi connectivity index (χ1n) is 8.82. The molecule has 2 bridgehead atoms. The number of rotatable bonds is 2. The summed E-state index contributed by atoms with van der Waals surface area (Å²) in [5, 5.41) is 0. The molecular weight excluding hydrogens is 299 g/mol. The second kappa shape index (κ2) is 4.79. The van der Waals surface area contributed by atoms with Gasteiger partial charge in [0.2, 0.25) is 0 Å². The van der Waals surface area contributed by atoms with E-state index in [1.807, 2.05) is 0 Å². The number of hydrogen-bond acceptors (Lipinski definition) is 3. The summed E-state index contributed by atoms with van der Waals surface area (Å²) in [5.74, 6) is 2.22. The SMILES string of the molecule is CC1(C)[C@H]2C[C@@H]3OP(=S)(CC4CCCCC4)O[C@]3(C)[C@@H]1C2. The molecule has 5 rings (SSSR count). The third-order valence-electron chi connectivity index (χ3n) is 7.13. The predicted octanol–water partition coefficient (Wildman–Crippen LogP) is 5.12. The maximum Gasteiger partial charge on any atom is 0.189 e. The zero-order chi connectivity index (χ0) is 14.9. The molecule has 4 aliphatic carbocycles. The van der Waals surface area contributed by atoms with Crippen LogP contribution in [0.2, 0.25) is 0 Å². The Balaban J connectivity index is 1.52. The summed E-state index contributed by atoms with van der Waals surface area (Å²) in [6.45, 7) is 5.09. The highest BCUT2D eigenvalue weighted by molar-refractivity contribution is 8.10. The van der Waals surface area contributed by atoms with Crippen LogP contribution in [-0.2, 0) is 20.9 Å². The molecule has 0 aromatic carbocycles. The molecule has 1 heterocycles. The van der Waals surface area contributed by atoms with Gasteiger partial charge in [0, 0.05) is 6.16 Å². The van der Waals surface area contributed by atoms with Crippen LogP contribution in [0.4, 0.5) is 0 Å². The largest absolute Gasteiger partial charge is 0.323 e. The van der Waals surface area contributed by atoms with Crippen LogP contribution < -0.4 is 0 Å². The Hall–Kier alpha value is 0.570. The molecule has 4 heteroatoms. The summed E-state index contributed by atoms with van der Waals surface area (Å²) in [6, 6.07) is 0. The highest BCUT2D eigenvalue weighted by Crippen LogP contribution is 2.73.